The second kappa shape index (κ2) is 12.4. The molecule has 1 aromatic carbocycles. The molecule has 0 spiro atoms. The molecule has 1 aliphatic heterocycles. The number of likely N-dealkylation sites (N-methyl/N-ethyl adjacent to an activating group) is 1. The molecule has 21 heavy (non-hydrogen) atoms. The molecular weight excluding hydrogens is 270 g/mol. The van der Waals surface area contributed by atoms with Gasteiger partial charge in [-0.05, 0) is 12.1 Å². The molecule has 1 aliphatic rings. The minimum Gasteiger partial charge on any atom is -0.484 e. The molecule has 122 valence electrons. The lowest BCUT2D eigenvalue weighted by molar-refractivity contribution is 0.0801. The van der Waals surface area contributed by atoms with Gasteiger partial charge in [-0.3, -0.25) is 0 Å². The van der Waals surface area contributed by atoms with Gasteiger partial charge in [0, 0.05) is 21.3 Å². The fraction of sp³-hybridized carbons (Fsp3) is 0.625. The number of hydrogen-bond acceptors (Lipinski definition) is 5. The van der Waals surface area contributed by atoms with Crippen molar-refractivity contribution in [1.82, 2.24) is 0 Å². The quantitative estimate of drug-likeness (QED) is 0.923. The predicted molar refractivity (Wildman–Crippen MR) is 86.3 cm³/mol. The number of aliphatic hydroxyl groups excluding tert-OH is 1. The Balaban J connectivity index is 0.000000489. The highest BCUT2D eigenvalue weighted by Crippen LogP contribution is 2.31. The van der Waals surface area contributed by atoms with Crippen molar-refractivity contribution in [3.8, 4) is 5.75 Å². The summed E-state index contributed by atoms with van der Waals surface area (Å²) < 4.78 is 15.3. The van der Waals surface area contributed by atoms with Crippen molar-refractivity contribution < 1.29 is 19.3 Å². The lowest BCUT2D eigenvalue weighted by Gasteiger charge is -2.33. The highest BCUT2D eigenvalue weighted by atomic mass is 16.5. The molecular formula is C16H29NO4. The van der Waals surface area contributed by atoms with E-state index in [1.807, 2.05) is 32.0 Å². The lowest BCUT2D eigenvalue weighted by Crippen LogP contribution is -2.40. The average Bonchev–Trinajstić information content (AvgIpc) is 2.51. The Morgan fingerprint density at radius 1 is 1.24 bits per heavy atom. The van der Waals surface area contributed by atoms with Crippen LogP contribution in [0.2, 0.25) is 0 Å². The Hall–Kier alpha value is -1.30. The number of nitrogens with zero attached hydrogens (tertiary/aromatic N) is 1. The van der Waals surface area contributed by atoms with Gasteiger partial charge in [0.25, 0.3) is 0 Å². The molecule has 0 fully saturated rings. The Morgan fingerprint density at radius 2 is 1.90 bits per heavy atom. The average molecular weight is 299 g/mol. The highest BCUT2D eigenvalue weighted by Gasteiger charge is 2.22. The molecule has 0 saturated heterocycles. The summed E-state index contributed by atoms with van der Waals surface area (Å²) in [6, 6.07) is 8.07. The van der Waals surface area contributed by atoms with E-state index in [-0.39, 0.29) is 12.7 Å². The van der Waals surface area contributed by atoms with Gasteiger partial charge in [0.05, 0.1) is 32.1 Å². The molecule has 1 N–H and O–H groups in total. The van der Waals surface area contributed by atoms with Crippen LogP contribution in [0.1, 0.15) is 13.8 Å². The van der Waals surface area contributed by atoms with Gasteiger partial charge in [0.1, 0.15) is 11.9 Å². The van der Waals surface area contributed by atoms with Crippen molar-refractivity contribution >= 4 is 5.69 Å². The first kappa shape index (κ1) is 19.7. The van der Waals surface area contributed by atoms with Gasteiger partial charge in [-0.2, -0.15) is 0 Å². The van der Waals surface area contributed by atoms with E-state index in [0.29, 0.717) is 13.2 Å². The summed E-state index contributed by atoms with van der Waals surface area (Å²) in [4.78, 5) is 2.20. The molecule has 0 saturated carbocycles. The van der Waals surface area contributed by atoms with E-state index >= 15 is 0 Å². The maximum absolute atomic E-state index is 7.94. The largest absolute Gasteiger partial charge is 0.484 e. The monoisotopic (exact) mass is 299 g/mol. The normalized spacial score (nSPS) is 15.7. The van der Waals surface area contributed by atoms with Crippen LogP contribution in [0.15, 0.2) is 24.3 Å². The number of ether oxygens (including phenoxy) is 3. The summed E-state index contributed by atoms with van der Waals surface area (Å²) in [6.07, 6.45) is 0.139. The van der Waals surface area contributed by atoms with Crippen molar-refractivity contribution in [1.29, 1.82) is 0 Å². The van der Waals surface area contributed by atoms with Crippen LogP contribution in [-0.4, -0.2) is 58.8 Å². The topological polar surface area (TPSA) is 51.2 Å². The molecule has 0 aliphatic carbocycles. The van der Waals surface area contributed by atoms with Crippen molar-refractivity contribution in [2.75, 3.05) is 52.5 Å². The van der Waals surface area contributed by atoms with E-state index < -0.39 is 0 Å². The van der Waals surface area contributed by atoms with Gasteiger partial charge in [-0.1, -0.05) is 26.0 Å². The van der Waals surface area contributed by atoms with Crippen molar-refractivity contribution in [3.63, 3.8) is 0 Å². The van der Waals surface area contributed by atoms with Gasteiger partial charge >= 0.3 is 0 Å². The Morgan fingerprint density at radius 3 is 2.43 bits per heavy atom. The summed E-state index contributed by atoms with van der Waals surface area (Å²) in [7, 11) is 5.32. The number of para-hydroxylation sites is 2. The SMILES string of the molecule is CC.COCCO.COC[C@@H]1CN(C)c2ccccc2O1. The van der Waals surface area contributed by atoms with E-state index in [2.05, 4.69) is 22.8 Å². The lowest BCUT2D eigenvalue weighted by atomic mass is 10.2. The summed E-state index contributed by atoms with van der Waals surface area (Å²) >= 11 is 0. The molecule has 1 aromatic rings. The first-order chi connectivity index (χ1) is 10.2. The second-order valence-corrected chi connectivity index (χ2v) is 4.26. The smallest absolute Gasteiger partial charge is 0.143 e. The number of rotatable bonds is 4. The molecule has 0 amide bonds. The molecule has 2 rings (SSSR count). The molecule has 0 radical (unpaired) electrons. The maximum Gasteiger partial charge on any atom is 0.143 e. The number of hydrogen-bond donors (Lipinski definition) is 1. The molecule has 1 heterocycles. The van der Waals surface area contributed by atoms with Crippen LogP contribution in [0.5, 0.6) is 5.75 Å². The van der Waals surface area contributed by atoms with Crippen LogP contribution in [0.4, 0.5) is 5.69 Å². The van der Waals surface area contributed by atoms with Crippen LogP contribution < -0.4 is 9.64 Å². The maximum atomic E-state index is 7.94. The number of anilines is 1. The number of aliphatic hydroxyl groups is 1. The van der Waals surface area contributed by atoms with Gasteiger partial charge in [0.2, 0.25) is 0 Å². The summed E-state index contributed by atoms with van der Waals surface area (Å²) in [6.45, 7) is 6.08. The van der Waals surface area contributed by atoms with E-state index in [1.54, 1.807) is 14.2 Å². The first-order valence-electron chi connectivity index (χ1n) is 7.28. The fourth-order valence-corrected chi connectivity index (χ4v) is 1.86. The second-order valence-electron chi connectivity index (χ2n) is 4.26. The van der Waals surface area contributed by atoms with Crippen molar-refractivity contribution in [3.05, 3.63) is 24.3 Å². The van der Waals surface area contributed by atoms with Crippen LogP contribution >= 0.6 is 0 Å². The van der Waals surface area contributed by atoms with Crippen molar-refractivity contribution in [2.24, 2.45) is 0 Å². The zero-order chi connectivity index (χ0) is 16.1. The Kier molecular flexibility index (Phi) is 11.7. The fourth-order valence-electron chi connectivity index (χ4n) is 1.86. The standard InChI is InChI=1S/C11H15NO2.C3H8O2.C2H6/c1-12-7-9(8-13-2)14-11-6-4-3-5-10(11)12;1-5-3-2-4;1-2/h3-6,9H,7-8H2,1-2H3;4H,2-3H2,1H3;1-2H3/t9-;;/m0../s1. The predicted octanol–water partition coefficient (Wildman–Crippen LogP) is 2.18. The van der Waals surface area contributed by atoms with Crippen LogP contribution in [0, 0.1) is 0 Å². The molecule has 1 atom stereocenters. The van der Waals surface area contributed by atoms with E-state index in [1.165, 1.54) is 0 Å². The van der Waals surface area contributed by atoms with Gasteiger partial charge in [0.15, 0.2) is 0 Å². The number of methoxy groups -OCH3 is 2. The zero-order valence-electron chi connectivity index (χ0n) is 13.8. The van der Waals surface area contributed by atoms with Crippen LogP contribution in [0.3, 0.4) is 0 Å². The molecule has 5 nitrogen and oxygen atoms in total. The van der Waals surface area contributed by atoms with Gasteiger partial charge in [-0.15, -0.1) is 0 Å². The Bertz CT molecular complexity index is 358. The van der Waals surface area contributed by atoms with Crippen LogP contribution in [-0.2, 0) is 9.47 Å². The Labute approximate surface area is 128 Å². The molecule has 0 bridgehead atoms. The highest BCUT2D eigenvalue weighted by molar-refractivity contribution is 5.59. The molecule has 0 unspecified atom stereocenters. The zero-order valence-corrected chi connectivity index (χ0v) is 13.8. The summed E-state index contributed by atoms with van der Waals surface area (Å²) in [5.74, 6) is 0.948. The summed E-state index contributed by atoms with van der Waals surface area (Å²) in [5.41, 5.74) is 1.15. The molecule has 5 heteroatoms. The third-order valence-electron chi connectivity index (χ3n) is 2.70. The minimum absolute atomic E-state index is 0.122. The molecule has 0 aromatic heterocycles. The number of benzene rings is 1. The van der Waals surface area contributed by atoms with E-state index in [4.69, 9.17) is 14.6 Å². The number of fused-ring (bicyclic) bond motifs is 1. The summed E-state index contributed by atoms with van der Waals surface area (Å²) in [5, 5.41) is 7.94. The first-order valence-corrected chi connectivity index (χ1v) is 7.28. The minimum atomic E-state index is 0.122. The third kappa shape index (κ3) is 7.32. The van der Waals surface area contributed by atoms with Gasteiger partial charge < -0.3 is 24.2 Å². The van der Waals surface area contributed by atoms with Crippen molar-refractivity contribution in [2.45, 2.75) is 20.0 Å². The van der Waals surface area contributed by atoms with E-state index in [9.17, 15) is 0 Å². The van der Waals surface area contributed by atoms with E-state index in [0.717, 1.165) is 18.0 Å². The third-order valence-corrected chi connectivity index (χ3v) is 2.70. The van der Waals surface area contributed by atoms with Gasteiger partial charge in [-0.25, -0.2) is 0 Å². The van der Waals surface area contributed by atoms with Crippen LogP contribution in [0.25, 0.3) is 0 Å².